The quantitative estimate of drug-likeness (QED) is 0.257. The Kier molecular flexibility index (Phi) is 5.19. The third-order valence-electron chi connectivity index (χ3n) is 2.44. The van der Waals surface area contributed by atoms with E-state index in [4.69, 9.17) is 10.9 Å². The molecule has 1 heterocycles. The third-order valence-corrected chi connectivity index (χ3v) is 2.44. The lowest BCUT2D eigenvalue weighted by Crippen LogP contribution is -2.29. The molecule has 0 radical (unpaired) electrons. The van der Waals surface area contributed by atoms with Gasteiger partial charge in [-0.05, 0) is 31.4 Å². The van der Waals surface area contributed by atoms with Crippen LogP contribution in [0.3, 0.4) is 0 Å². The van der Waals surface area contributed by atoms with E-state index in [-0.39, 0.29) is 23.6 Å². The maximum atomic E-state index is 11.9. The Balaban J connectivity index is 2.77. The number of amidine groups is 1. The zero-order chi connectivity index (χ0) is 12.7. The first-order valence-electron chi connectivity index (χ1n) is 5.44. The zero-order valence-electron chi connectivity index (χ0n) is 9.47. The largest absolute Gasteiger partial charge is 0.409 e. The van der Waals surface area contributed by atoms with Gasteiger partial charge < -0.3 is 15.5 Å². The molecule has 3 N–H and O–H groups in total. The number of hydrogen-bond donors (Lipinski definition) is 2. The fourth-order valence-electron chi connectivity index (χ4n) is 1.52. The maximum absolute atomic E-state index is 11.9. The molecule has 1 aromatic heterocycles. The number of nitrogens with two attached hydrogens (primary N) is 1. The monoisotopic (exact) mass is 241 g/mol. The number of alkyl halides is 1. The van der Waals surface area contributed by atoms with Gasteiger partial charge in [-0.1, -0.05) is 5.16 Å². The molecule has 6 heteroatoms. The van der Waals surface area contributed by atoms with Gasteiger partial charge in [0.1, 0.15) is 0 Å². The number of aromatic nitrogens is 1. The van der Waals surface area contributed by atoms with Crippen molar-refractivity contribution in [3.05, 3.63) is 34.2 Å². The Labute approximate surface area is 98.4 Å². The van der Waals surface area contributed by atoms with E-state index in [2.05, 4.69) is 5.16 Å². The number of aryl methyl sites for hydroxylation is 1. The SMILES string of the molecule is N/C(=N/O)c1cccn(CCCCCF)c1=O. The minimum Gasteiger partial charge on any atom is -0.409 e. The van der Waals surface area contributed by atoms with Crippen LogP contribution < -0.4 is 11.3 Å². The summed E-state index contributed by atoms with van der Waals surface area (Å²) in [6.07, 6.45) is 3.60. The minimum absolute atomic E-state index is 0.167. The van der Waals surface area contributed by atoms with Crippen LogP contribution in [0.15, 0.2) is 28.3 Å². The van der Waals surface area contributed by atoms with Crippen LogP contribution in [0, 0.1) is 0 Å². The first kappa shape index (κ1) is 13.2. The molecule has 0 saturated carbocycles. The Morgan fingerprint density at radius 2 is 2.24 bits per heavy atom. The molecular weight excluding hydrogens is 225 g/mol. The van der Waals surface area contributed by atoms with E-state index < -0.39 is 0 Å². The fraction of sp³-hybridized carbons (Fsp3) is 0.455. The topological polar surface area (TPSA) is 80.6 Å². The molecule has 0 aliphatic rings. The molecule has 5 nitrogen and oxygen atoms in total. The lowest BCUT2D eigenvalue weighted by Gasteiger charge is -2.06. The van der Waals surface area contributed by atoms with Gasteiger partial charge in [0.05, 0.1) is 12.2 Å². The number of oxime groups is 1. The molecule has 0 saturated heterocycles. The maximum Gasteiger partial charge on any atom is 0.261 e. The molecule has 1 aromatic rings. The summed E-state index contributed by atoms with van der Waals surface area (Å²) in [6, 6.07) is 3.15. The highest BCUT2D eigenvalue weighted by atomic mass is 19.1. The third kappa shape index (κ3) is 3.58. The van der Waals surface area contributed by atoms with Gasteiger partial charge in [-0.3, -0.25) is 9.18 Å². The number of pyridine rings is 1. The second kappa shape index (κ2) is 6.67. The molecule has 0 atom stereocenters. The highest BCUT2D eigenvalue weighted by Gasteiger charge is 2.06. The van der Waals surface area contributed by atoms with Crippen molar-refractivity contribution in [2.45, 2.75) is 25.8 Å². The molecule has 17 heavy (non-hydrogen) atoms. The normalized spacial score (nSPS) is 11.7. The Bertz CT molecular complexity index is 443. The van der Waals surface area contributed by atoms with Crippen molar-refractivity contribution in [1.82, 2.24) is 4.57 Å². The van der Waals surface area contributed by atoms with Crippen LogP contribution >= 0.6 is 0 Å². The number of unbranched alkanes of at least 4 members (excludes halogenated alkanes) is 2. The lowest BCUT2D eigenvalue weighted by molar-refractivity contribution is 0.318. The molecule has 0 unspecified atom stereocenters. The predicted molar refractivity (Wildman–Crippen MR) is 63.0 cm³/mol. The molecule has 1 rings (SSSR count). The van der Waals surface area contributed by atoms with E-state index in [0.717, 1.165) is 12.8 Å². The van der Waals surface area contributed by atoms with Crippen LogP contribution in [0.5, 0.6) is 0 Å². The average Bonchev–Trinajstić information content (AvgIpc) is 2.35. The van der Waals surface area contributed by atoms with Crippen LogP contribution in [0.1, 0.15) is 24.8 Å². The number of rotatable bonds is 6. The van der Waals surface area contributed by atoms with Crippen LogP contribution in [0.4, 0.5) is 4.39 Å². The fourth-order valence-corrected chi connectivity index (χ4v) is 1.52. The van der Waals surface area contributed by atoms with E-state index in [1.165, 1.54) is 10.6 Å². The summed E-state index contributed by atoms with van der Waals surface area (Å²) < 4.78 is 13.4. The zero-order valence-corrected chi connectivity index (χ0v) is 9.47. The predicted octanol–water partition coefficient (Wildman–Crippen LogP) is 1.08. The Morgan fingerprint density at radius 3 is 2.88 bits per heavy atom. The molecule has 0 amide bonds. The van der Waals surface area contributed by atoms with Crippen molar-refractivity contribution in [3.63, 3.8) is 0 Å². The number of nitrogens with zero attached hydrogens (tertiary/aromatic N) is 2. The van der Waals surface area contributed by atoms with Gasteiger partial charge in [-0.15, -0.1) is 0 Å². The molecule has 0 aromatic carbocycles. The van der Waals surface area contributed by atoms with E-state index in [1.807, 2.05) is 0 Å². The smallest absolute Gasteiger partial charge is 0.261 e. The second-order valence-corrected chi connectivity index (χ2v) is 3.66. The van der Waals surface area contributed by atoms with Gasteiger partial charge in [0, 0.05) is 12.7 Å². The molecule has 0 aliphatic heterocycles. The summed E-state index contributed by atoms with van der Waals surface area (Å²) >= 11 is 0. The molecule has 0 fully saturated rings. The van der Waals surface area contributed by atoms with E-state index >= 15 is 0 Å². The summed E-state index contributed by atoms with van der Waals surface area (Å²) in [6.45, 7) is 0.171. The van der Waals surface area contributed by atoms with Crippen molar-refractivity contribution < 1.29 is 9.60 Å². The Morgan fingerprint density at radius 1 is 1.47 bits per heavy atom. The van der Waals surface area contributed by atoms with Crippen molar-refractivity contribution in [2.75, 3.05) is 6.67 Å². The van der Waals surface area contributed by atoms with E-state index in [9.17, 15) is 9.18 Å². The van der Waals surface area contributed by atoms with Gasteiger partial charge in [0.25, 0.3) is 5.56 Å². The first-order valence-corrected chi connectivity index (χ1v) is 5.44. The van der Waals surface area contributed by atoms with Crippen LogP contribution in [-0.4, -0.2) is 22.3 Å². The summed E-state index contributed by atoms with van der Waals surface area (Å²) in [4.78, 5) is 11.8. The molecule has 0 aliphatic carbocycles. The standard InChI is InChI=1S/C11H16FN3O2/c12-6-2-1-3-7-15-8-4-5-9(11(15)16)10(13)14-17/h4-5,8,17H,1-3,6-7H2,(H2,13,14). The van der Waals surface area contributed by atoms with Gasteiger partial charge in [-0.25, -0.2) is 0 Å². The first-order chi connectivity index (χ1) is 8.20. The van der Waals surface area contributed by atoms with Gasteiger partial charge >= 0.3 is 0 Å². The van der Waals surface area contributed by atoms with Gasteiger partial charge in [0.2, 0.25) is 0 Å². The Hall–Kier alpha value is -1.85. The summed E-state index contributed by atoms with van der Waals surface area (Å²) in [5, 5.41) is 11.3. The number of hydrogen-bond acceptors (Lipinski definition) is 3. The van der Waals surface area contributed by atoms with Crippen molar-refractivity contribution in [3.8, 4) is 0 Å². The van der Waals surface area contributed by atoms with Crippen molar-refractivity contribution in [1.29, 1.82) is 0 Å². The second-order valence-electron chi connectivity index (χ2n) is 3.66. The number of halogens is 1. The highest BCUT2D eigenvalue weighted by molar-refractivity contribution is 5.96. The van der Waals surface area contributed by atoms with Gasteiger partial charge in [-0.2, -0.15) is 0 Å². The summed E-state index contributed by atoms with van der Waals surface area (Å²) in [5.41, 5.74) is 5.24. The summed E-state index contributed by atoms with van der Waals surface area (Å²) in [5.74, 6) is -0.201. The molecule has 0 spiro atoms. The molecule has 0 bridgehead atoms. The van der Waals surface area contributed by atoms with E-state index in [1.54, 1.807) is 12.3 Å². The van der Waals surface area contributed by atoms with E-state index in [0.29, 0.717) is 13.0 Å². The average molecular weight is 241 g/mol. The lowest BCUT2D eigenvalue weighted by atomic mass is 10.2. The van der Waals surface area contributed by atoms with Crippen LogP contribution in [0.25, 0.3) is 0 Å². The van der Waals surface area contributed by atoms with Crippen molar-refractivity contribution in [2.24, 2.45) is 10.9 Å². The minimum atomic E-state index is -0.334. The van der Waals surface area contributed by atoms with Crippen LogP contribution in [-0.2, 0) is 6.54 Å². The highest BCUT2D eigenvalue weighted by Crippen LogP contribution is 1.99. The molecule has 94 valence electrons. The van der Waals surface area contributed by atoms with Crippen LogP contribution in [0.2, 0.25) is 0 Å². The summed E-state index contributed by atoms with van der Waals surface area (Å²) in [7, 11) is 0. The van der Waals surface area contributed by atoms with Gasteiger partial charge in [0.15, 0.2) is 5.84 Å². The molecular formula is C11H16FN3O2. The van der Waals surface area contributed by atoms with Crippen molar-refractivity contribution >= 4 is 5.84 Å².